The molecule has 1 heterocycles. The minimum absolute atomic E-state index is 0.0731. The first-order valence-corrected chi connectivity index (χ1v) is 5.14. The highest BCUT2D eigenvalue weighted by Gasteiger charge is 2.27. The van der Waals surface area contributed by atoms with Gasteiger partial charge in [0, 0.05) is 11.6 Å². The highest BCUT2D eigenvalue weighted by molar-refractivity contribution is 5.83. The fourth-order valence-corrected chi connectivity index (χ4v) is 1.88. The normalized spacial score (nSPS) is 12.9. The summed E-state index contributed by atoms with van der Waals surface area (Å²) < 4.78 is 32.6. The molecule has 0 fully saturated rings. The molecule has 0 saturated heterocycles. The molecule has 0 aliphatic rings. The van der Waals surface area contributed by atoms with Crippen LogP contribution >= 0.6 is 0 Å². The van der Waals surface area contributed by atoms with E-state index in [4.69, 9.17) is 9.52 Å². The zero-order chi connectivity index (χ0) is 12.6. The number of benzene rings is 1. The van der Waals surface area contributed by atoms with E-state index in [0.29, 0.717) is 0 Å². The molecule has 2 aromatic rings. The van der Waals surface area contributed by atoms with Crippen LogP contribution in [0.5, 0.6) is 0 Å². The van der Waals surface area contributed by atoms with Crippen molar-refractivity contribution < 1.29 is 23.1 Å². The molecule has 0 bridgehead atoms. The summed E-state index contributed by atoms with van der Waals surface area (Å²) in [5.74, 6) is -4.18. The lowest BCUT2D eigenvalue weighted by molar-refractivity contribution is -0.139. The maximum absolute atomic E-state index is 14.0. The van der Waals surface area contributed by atoms with Crippen LogP contribution in [0.1, 0.15) is 24.8 Å². The van der Waals surface area contributed by atoms with Crippen molar-refractivity contribution in [2.24, 2.45) is 0 Å². The number of furan rings is 1. The van der Waals surface area contributed by atoms with Gasteiger partial charge in [0.05, 0.1) is 17.6 Å². The third-order valence-electron chi connectivity index (χ3n) is 2.74. The largest absolute Gasteiger partial charge is 0.481 e. The second-order valence-electron chi connectivity index (χ2n) is 3.72. The van der Waals surface area contributed by atoms with Gasteiger partial charge >= 0.3 is 5.97 Å². The van der Waals surface area contributed by atoms with Crippen LogP contribution in [-0.2, 0) is 4.79 Å². The van der Waals surface area contributed by atoms with E-state index in [1.807, 2.05) is 0 Å². The number of hydrogen-bond acceptors (Lipinski definition) is 2. The number of carbonyl (C=O) groups is 1. The summed E-state index contributed by atoms with van der Waals surface area (Å²) in [5, 5.41) is 9.04. The molecule has 3 nitrogen and oxygen atoms in total. The topological polar surface area (TPSA) is 50.4 Å². The van der Waals surface area contributed by atoms with Crippen LogP contribution in [0.3, 0.4) is 0 Å². The Morgan fingerprint density at radius 3 is 2.82 bits per heavy atom. The lowest BCUT2D eigenvalue weighted by Gasteiger charge is -2.12. The van der Waals surface area contributed by atoms with Crippen LogP contribution in [0.2, 0.25) is 0 Å². The van der Waals surface area contributed by atoms with Crippen LogP contribution in [-0.4, -0.2) is 11.1 Å². The zero-order valence-electron chi connectivity index (χ0n) is 9.04. The lowest BCUT2D eigenvalue weighted by atomic mass is 9.94. The van der Waals surface area contributed by atoms with Crippen molar-refractivity contribution in [3.8, 4) is 0 Å². The number of carboxylic acid groups (broad SMARTS) is 1. The fourth-order valence-electron chi connectivity index (χ4n) is 1.88. The first-order chi connectivity index (χ1) is 8.06. The van der Waals surface area contributed by atoms with Gasteiger partial charge in [-0.25, -0.2) is 8.78 Å². The first-order valence-electron chi connectivity index (χ1n) is 5.14. The summed E-state index contributed by atoms with van der Waals surface area (Å²) in [6, 6.07) is 2.36. The van der Waals surface area contributed by atoms with Gasteiger partial charge in [0.15, 0.2) is 0 Å². The number of halogens is 2. The first kappa shape index (κ1) is 11.6. The van der Waals surface area contributed by atoms with Gasteiger partial charge in [0.1, 0.15) is 17.2 Å². The standard InChI is InChI=1S/C12H10F2O3/c1-2-6(12(15)16)10-8(13)5-9-7(11(10)14)3-4-17-9/h3-6H,2H2,1H3,(H,15,16). The van der Waals surface area contributed by atoms with Gasteiger partial charge in [0.25, 0.3) is 0 Å². The van der Waals surface area contributed by atoms with E-state index in [1.54, 1.807) is 6.92 Å². The maximum Gasteiger partial charge on any atom is 0.311 e. The molecule has 0 aliphatic carbocycles. The number of fused-ring (bicyclic) bond motifs is 1. The predicted molar refractivity (Wildman–Crippen MR) is 56.8 cm³/mol. The molecule has 0 aliphatic heterocycles. The Hall–Kier alpha value is -1.91. The van der Waals surface area contributed by atoms with Crippen LogP contribution in [0.25, 0.3) is 11.0 Å². The Bertz CT molecular complexity index is 574. The Balaban J connectivity index is 2.71. The monoisotopic (exact) mass is 240 g/mol. The third kappa shape index (κ3) is 1.77. The second kappa shape index (κ2) is 4.16. The quantitative estimate of drug-likeness (QED) is 0.895. The zero-order valence-corrected chi connectivity index (χ0v) is 9.04. The van der Waals surface area contributed by atoms with Crippen LogP contribution < -0.4 is 0 Å². The molecule has 0 radical (unpaired) electrons. The van der Waals surface area contributed by atoms with Crippen molar-refractivity contribution in [2.75, 3.05) is 0 Å². The average Bonchev–Trinajstić information content (AvgIpc) is 2.71. The van der Waals surface area contributed by atoms with E-state index in [1.165, 1.54) is 12.3 Å². The van der Waals surface area contributed by atoms with Gasteiger partial charge in [-0.15, -0.1) is 0 Å². The molecule has 0 amide bonds. The minimum Gasteiger partial charge on any atom is -0.481 e. The molecule has 5 heteroatoms. The maximum atomic E-state index is 14.0. The minimum atomic E-state index is -1.24. The Kier molecular flexibility index (Phi) is 2.83. The molecule has 1 N–H and O–H groups in total. The molecular weight excluding hydrogens is 230 g/mol. The molecular formula is C12H10F2O3. The van der Waals surface area contributed by atoms with Crippen molar-refractivity contribution in [1.82, 2.24) is 0 Å². The summed E-state index contributed by atoms with van der Waals surface area (Å²) in [5.41, 5.74) is -0.335. The highest BCUT2D eigenvalue weighted by Crippen LogP contribution is 2.31. The van der Waals surface area contributed by atoms with Gasteiger partial charge in [0.2, 0.25) is 0 Å². The summed E-state index contributed by atoms with van der Waals surface area (Å²) in [7, 11) is 0. The van der Waals surface area contributed by atoms with E-state index in [0.717, 1.165) is 6.07 Å². The summed E-state index contributed by atoms with van der Waals surface area (Å²) in [6.07, 6.45) is 1.35. The fraction of sp³-hybridized carbons (Fsp3) is 0.250. The van der Waals surface area contributed by atoms with Gasteiger partial charge < -0.3 is 9.52 Å². The molecule has 1 aromatic heterocycles. The number of aliphatic carboxylic acids is 1. The molecule has 17 heavy (non-hydrogen) atoms. The number of hydrogen-bond donors (Lipinski definition) is 1. The van der Waals surface area contributed by atoms with Crippen molar-refractivity contribution in [3.05, 3.63) is 35.6 Å². The van der Waals surface area contributed by atoms with E-state index >= 15 is 0 Å². The average molecular weight is 240 g/mol. The van der Waals surface area contributed by atoms with Crippen LogP contribution in [0.4, 0.5) is 8.78 Å². The highest BCUT2D eigenvalue weighted by atomic mass is 19.1. The SMILES string of the molecule is CCC(C(=O)O)c1c(F)cc2occc2c1F. The summed E-state index contributed by atoms with van der Waals surface area (Å²) in [4.78, 5) is 11.0. The molecule has 1 atom stereocenters. The van der Waals surface area contributed by atoms with E-state index in [2.05, 4.69) is 0 Å². The Morgan fingerprint density at radius 1 is 1.53 bits per heavy atom. The Morgan fingerprint density at radius 2 is 2.24 bits per heavy atom. The van der Waals surface area contributed by atoms with Gasteiger partial charge in [-0.1, -0.05) is 6.92 Å². The molecule has 2 rings (SSSR count). The van der Waals surface area contributed by atoms with Crippen molar-refractivity contribution in [3.63, 3.8) is 0 Å². The molecule has 90 valence electrons. The lowest BCUT2D eigenvalue weighted by Crippen LogP contribution is -2.14. The molecule has 0 saturated carbocycles. The predicted octanol–water partition coefficient (Wildman–Crippen LogP) is 3.29. The molecule has 0 spiro atoms. The van der Waals surface area contributed by atoms with Gasteiger partial charge in [-0.05, 0) is 12.5 Å². The molecule has 1 aromatic carbocycles. The number of rotatable bonds is 3. The van der Waals surface area contributed by atoms with Crippen molar-refractivity contribution >= 4 is 16.9 Å². The van der Waals surface area contributed by atoms with E-state index in [-0.39, 0.29) is 17.4 Å². The van der Waals surface area contributed by atoms with Crippen LogP contribution in [0, 0.1) is 11.6 Å². The van der Waals surface area contributed by atoms with Gasteiger partial charge in [-0.2, -0.15) is 0 Å². The van der Waals surface area contributed by atoms with E-state index in [9.17, 15) is 13.6 Å². The van der Waals surface area contributed by atoms with Crippen molar-refractivity contribution in [1.29, 1.82) is 0 Å². The van der Waals surface area contributed by atoms with Crippen LogP contribution in [0.15, 0.2) is 22.8 Å². The van der Waals surface area contributed by atoms with Gasteiger partial charge in [-0.3, -0.25) is 4.79 Å². The third-order valence-corrected chi connectivity index (χ3v) is 2.74. The number of carboxylic acids is 1. The van der Waals surface area contributed by atoms with Crippen molar-refractivity contribution in [2.45, 2.75) is 19.3 Å². The van der Waals surface area contributed by atoms with E-state index < -0.39 is 29.1 Å². The summed E-state index contributed by atoms with van der Waals surface area (Å²) in [6.45, 7) is 1.57. The summed E-state index contributed by atoms with van der Waals surface area (Å²) >= 11 is 0. The second-order valence-corrected chi connectivity index (χ2v) is 3.72. The smallest absolute Gasteiger partial charge is 0.311 e. The molecule has 1 unspecified atom stereocenters. The Labute approximate surface area is 95.7 Å².